The van der Waals surface area contributed by atoms with Crippen molar-refractivity contribution in [2.24, 2.45) is 5.92 Å². The second-order valence-corrected chi connectivity index (χ2v) is 8.19. The molecule has 1 aromatic rings. The van der Waals surface area contributed by atoms with E-state index in [9.17, 15) is 31.6 Å². The van der Waals surface area contributed by atoms with Gasteiger partial charge in [0.25, 0.3) is 5.60 Å². The van der Waals surface area contributed by atoms with Crippen LogP contribution in [-0.4, -0.2) is 25.8 Å². The molecule has 1 aliphatic rings. The molecule has 1 aliphatic carbocycles. The van der Waals surface area contributed by atoms with Crippen molar-refractivity contribution in [3.63, 3.8) is 0 Å². The summed E-state index contributed by atoms with van der Waals surface area (Å²) in [6, 6.07) is 5.71. The normalized spacial score (nSPS) is 18.4. The molecule has 0 saturated heterocycles. The lowest BCUT2D eigenvalue weighted by atomic mass is 9.80. The summed E-state index contributed by atoms with van der Waals surface area (Å²) in [6.45, 7) is 2.20. The van der Waals surface area contributed by atoms with E-state index in [-0.39, 0.29) is 12.5 Å². The molecule has 0 amide bonds. The van der Waals surface area contributed by atoms with Gasteiger partial charge >= 0.3 is 12.4 Å². The lowest BCUT2D eigenvalue weighted by molar-refractivity contribution is -0.402. The van der Waals surface area contributed by atoms with Gasteiger partial charge in [0, 0.05) is 5.56 Å². The number of hydrogen-bond donors (Lipinski definition) is 0. The Morgan fingerprint density at radius 2 is 1.45 bits per heavy atom. The van der Waals surface area contributed by atoms with E-state index in [4.69, 9.17) is 4.74 Å². The molecule has 1 aromatic carbocycles. The van der Waals surface area contributed by atoms with Crippen molar-refractivity contribution in [3.05, 3.63) is 35.4 Å². The molecule has 1 fully saturated rings. The highest BCUT2D eigenvalue weighted by atomic mass is 19.4. The summed E-state index contributed by atoms with van der Waals surface area (Å²) in [7, 11) is 0. The number of rotatable bonds is 8. The van der Waals surface area contributed by atoms with Crippen LogP contribution in [0.25, 0.3) is 0 Å². The molecule has 0 heterocycles. The molecule has 2 rings (SSSR count). The first-order valence-corrected chi connectivity index (χ1v) is 10.3. The zero-order chi connectivity index (χ0) is 23.3. The summed E-state index contributed by atoms with van der Waals surface area (Å²) in [4.78, 5) is 0. The second-order valence-electron chi connectivity index (χ2n) is 8.19. The van der Waals surface area contributed by atoms with E-state index in [0.717, 1.165) is 56.4 Å². The van der Waals surface area contributed by atoms with E-state index in [1.54, 1.807) is 13.8 Å². The Kier molecular flexibility index (Phi) is 8.04. The number of alkyl halides is 6. The minimum Gasteiger partial charge on any atom is -0.355 e. The van der Waals surface area contributed by atoms with Gasteiger partial charge in [0.05, 0.1) is 18.1 Å². The topological polar surface area (TPSA) is 42.2 Å². The van der Waals surface area contributed by atoms with Gasteiger partial charge in [0.2, 0.25) is 0 Å². The van der Waals surface area contributed by atoms with Crippen LogP contribution in [0.15, 0.2) is 24.3 Å². The lowest BCUT2D eigenvalue weighted by Gasteiger charge is -2.37. The highest BCUT2D eigenvalue weighted by Gasteiger charge is 2.73. The fourth-order valence-corrected chi connectivity index (χ4v) is 3.85. The molecule has 3 nitrogen and oxygen atoms in total. The van der Waals surface area contributed by atoms with E-state index in [2.05, 4.69) is 4.74 Å². The minimum absolute atomic E-state index is 0.0573. The van der Waals surface area contributed by atoms with Crippen LogP contribution in [0.3, 0.4) is 0 Å². The number of hydrogen-bond acceptors (Lipinski definition) is 3. The highest BCUT2D eigenvalue weighted by Crippen LogP contribution is 2.53. The summed E-state index contributed by atoms with van der Waals surface area (Å²) >= 11 is 0. The number of ether oxygens (including phenoxy) is 2. The molecular formula is C22H27F6NO2. The maximum Gasteiger partial charge on any atom is 0.430 e. The summed E-state index contributed by atoms with van der Waals surface area (Å²) in [5, 5.41) is 9.33. The van der Waals surface area contributed by atoms with Gasteiger partial charge in [-0.05, 0) is 37.7 Å². The average molecular weight is 451 g/mol. The van der Waals surface area contributed by atoms with Crippen LogP contribution in [0.4, 0.5) is 26.3 Å². The van der Waals surface area contributed by atoms with Crippen molar-refractivity contribution in [1.29, 1.82) is 5.26 Å². The van der Waals surface area contributed by atoms with Crippen LogP contribution in [-0.2, 0) is 20.5 Å². The van der Waals surface area contributed by atoms with Gasteiger partial charge < -0.3 is 9.47 Å². The fraction of sp³-hybridized carbons (Fsp3) is 0.682. The first-order chi connectivity index (χ1) is 14.4. The van der Waals surface area contributed by atoms with Crippen LogP contribution in [0.5, 0.6) is 0 Å². The van der Waals surface area contributed by atoms with Crippen LogP contribution < -0.4 is 0 Å². The number of benzene rings is 1. The Balaban J connectivity index is 2.31. The zero-order valence-corrected chi connectivity index (χ0v) is 17.6. The first kappa shape index (κ1) is 25.5. The molecule has 174 valence electrons. The fourth-order valence-electron chi connectivity index (χ4n) is 3.85. The summed E-state index contributed by atoms with van der Waals surface area (Å²) < 4.78 is 92.7. The highest BCUT2D eigenvalue weighted by molar-refractivity contribution is 5.37. The van der Waals surface area contributed by atoms with Gasteiger partial charge in [0.1, 0.15) is 6.79 Å². The summed E-state index contributed by atoms with van der Waals surface area (Å²) in [6.07, 6.45) is -6.53. The van der Waals surface area contributed by atoms with Gasteiger partial charge in [-0.2, -0.15) is 31.6 Å². The van der Waals surface area contributed by atoms with Gasteiger partial charge in [-0.15, -0.1) is 0 Å². The minimum atomic E-state index is -5.77. The van der Waals surface area contributed by atoms with Crippen molar-refractivity contribution in [2.45, 2.75) is 75.7 Å². The average Bonchev–Trinajstić information content (AvgIpc) is 2.72. The van der Waals surface area contributed by atoms with Gasteiger partial charge in [-0.25, -0.2) is 0 Å². The van der Waals surface area contributed by atoms with Crippen LogP contribution in [0.1, 0.15) is 63.5 Å². The maximum absolute atomic E-state index is 13.9. The molecule has 0 N–H and O–H groups in total. The Morgan fingerprint density at radius 3 is 1.90 bits per heavy atom. The van der Waals surface area contributed by atoms with Crippen LogP contribution in [0.2, 0.25) is 0 Å². The maximum atomic E-state index is 13.9. The summed E-state index contributed by atoms with van der Waals surface area (Å²) in [5.74, 6) is 0.112. The molecule has 0 spiro atoms. The van der Waals surface area contributed by atoms with Crippen molar-refractivity contribution < 1.29 is 35.8 Å². The van der Waals surface area contributed by atoms with E-state index in [0.29, 0.717) is 12.0 Å². The van der Waals surface area contributed by atoms with Crippen LogP contribution in [0, 0.1) is 17.2 Å². The van der Waals surface area contributed by atoms with Crippen molar-refractivity contribution in [3.8, 4) is 6.07 Å². The molecule has 31 heavy (non-hydrogen) atoms. The third-order valence-corrected chi connectivity index (χ3v) is 6.12. The Labute approximate surface area is 178 Å². The SMILES string of the molecule is CCC(C)(C#N)c1ccc(C(OCOCC2CCCCC2)(C(F)(F)F)C(F)(F)F)cc1. The van der Waals surface area contributed by atoms with Crippen molar-refractivity contribution >= 4 is 0 Å². The van der Waals surface area contributed by atoms with E-state index in [1.807, 2.05) is 6.07 Å². The van der Waals surface area contributed by atoms with Gasteiger partial charge in [-0.3, -0.25) is 0 Å². The van der Waals surface area contributed by atoms with Crippen molar-refractivity contribution in [2.75, 3.05) is 13.4 Å². The Hall–Kier alpha value is -1.79. The quantitative estimate of drug-likeness (QED) is 0.249. The van der Waals surface area contributed by atoms with E-state index >= 15 is 0 Å². The number of nitriles is 1. The number of nitrogens with zero attached hydrogens (tertiary/aromatic N) is 1. The Morgan fingerprint density at radius 1 is 0.935 bits per heavy atom. The molecule has 9 heteroatoms. The summed E-state index contributed by atoms with van der Waals surface area (Å²) in [5.41, 5.74) is -6.33. The largest absolute Gasteiger partial charge is 0.430 e. The van der Waals surface area contributed by atoms with E-state index < -0.39 is 35.7 Å². The van der Waals surface area contributed by atoms with Gasteiger partial charge in [-0.1, -0.05) is 50.5 Å². The molecule has 0 radical (unpaired) electrons. The number of halogens is 6. The van der Waals surface area contributed by atoms with E-state index in [1.165, 1.54) is 0 Å². The molecule has 0 aliphatic heterocycles. The first-order valence-electron chi connectivity index (χ1n) is 10.3. The third kappa shape index (κ3) is 5.35. The van der Waals surface area contributed by atoms with Crippen molar-refractivity contribution in [1.82, 2.24) is 0 Å². The molecule has 0 bridgehead atoms. The predicted octanol–water partition coefficient (Wildman–Crippen LogP) is 6.77. The molecule has 1 atom stereocenters. The molecule has 0 aromatic heterocycles. The monoisotopic (exact) mass is 451 g/mol. The van der Waals surface area contributed by atoms with Gasteiger partial charge in [0.15, 0.2) is 0 Å². The Bertz CT molecular complexity index is 733. The molecule has 1 unspecified atom stereocenters. The zero-order valence-electron chi connectivity index (χ0n) is 17.6. The third-order valence-electron chi connectivity index (χ3n) is 6.12. The second kappa shape index (κ2) is 9.78. The molecule has 1 saturated carbocycles. The van der Waals surface area contributed by atoms with Crippen LogP contribution >= 0.6 is 0 Å². The lowest BCUT2D eigenvalue weighted by Crippen LogP contribution is -2.56. The predicted molar refractivity (Wildman–Crippen MR) is 102 cm³/mol. The smallest absolute Gasteiger partial charge is 0.355 e. The molecular weight excluding hydrogens is 424 g/mol. The standard InChI is InChI=1S/C22H27F6NO2/c1-3-19(2,14-29)17-9-11-18(12-10-17)20(21(23,24)25,22(26,27)28)31-15-30-13-16-7-5-4-6-8-16/h9-12,16H,3-8,13,15H2,1-2H3.